The molecule has 0 saturated carbocycles. The molecule has 0 saturated heterocycles. The van der Waals surface area contributed by atoms with E-state index in [0.717, 1.165) is 13.0 Å². The summed E-state index contributed by atoms with van der Waals surface area (Å²) in [7, 11) is 0. The normalized spacial score (nSPS) is 12.6. The minimum Gasteiger partial charge on any atom is -0.347 e. The largest absolute Gasteiger partial charge is 0.347 e. The van der Waals surface area contributed by atoms with Crippen LogP contribution in [0.2, 0.25) is 5.02 Å². The van der Waals surface area contributed by atoms with Crippen LogP contribution in [0, 0.1) is 5.82 Å². The number of H-pyrrole nitrogens is 1. The van der Waals surface area contributed by atoms with Gasteiger partial charge in [0.1, 0.15) is 11.6 Å². The highest BCUT2D eigenvalue weighted by Gasteiger charge is 2.21. The summed E-state index contributed by atoms with van der Waals surface area (Å²) >= 11 is 9.16. The lowest BCUT2D eigenvalue weighted by Crippen LogP contribution is -2.25. The second-order valence-corrected chi connectivity index (χ2v) is 5.36. The molecule has 1 atom stereocenters. The highest BCUT2D eigenvalue weighted by atomic mass is 79.9. The van der Waals surface area contributed by atoms with Crippen molar-refractivity contribution in [2.75, 3.05) is 6.54 Å². The minimum absolute atomic E-state index is 0.0901. The van der Waals surface area contributed by atoms with Crippen LogP contribution in [0.4, 0.5) is 4.39 Å². The van der Waals surface area contributed by atoms with Gasteiger partial charge in [0.2, 0.25) is 0 Å². The summed E-state index contributed by atoms with van der Waals surface area (Å²) in [4.78, 5) is 7.21. The Kier molecular flexibility index (Phi) is 4.96. The molecule has 19 heavy (non-hydrogen) atoms. The Bertz CT molecular complexity index is 545. The quantitative estimate of drug-likeness (QED) is 0.802. The molecule has 2 aromatic rings. The summed E-state index contributed by atoms with van der Waals surface area (Å²) in [5, 5.41) is 3.36. The maximum absolute atomic E-state index is 14.3. The van der Waals surface area contributed by atoms with Gasteiger partial charge in [0.25, 0.3) is 0 Å². The smallest absolute Gasteiger partial charge is 0.148 e. The van der Waals surface area contributed by atoms with Crippen molar-refractivity contribution in [2.45, 2.75) is 19.4 Å². The monoisotopic (exact) mass is 345 g/mol. The van der Waals surface area contributed by atoms with Gasteiger partial charge in [0.15, 0.2) is 0 Å². The van der Waals surface area contributed by atoms with Crippen LogP contribution in [0.25, 0.3) is 0 Å². The second-order valence-electron chi connectivity index (χ2n) is 4.13. The van der Waals surface area contributed by atoms with E-state index in [0.29, 0.717) is 15.9 Å². The Labute approximate surface area is 124 Å². The number of aromatic nitrogens is 2. The zero-order chi connectivity index (χ0) is 13.8. The molecule has 0 bridgehead atoms. The van der Waals surface area contributed by atoms with E-state index >= 15 is 0 Å². The maximum atomic E-state index is 14.3. The number of hydrogen-bond acceptors (Lipinski definition) is 2. The first-order valence-electron chi connectivity index (χ1n) is 6.01. The Balaban J connectivity index is 2.41. The van der Waals surface area contributed by atoms with Crippen LogP contribution in [0.3, 0.4) is 0 Å². The first-order valence-corrected chi connectivity index (χ1v) is 7.18. The van der Waals surface area contributed by atoms with Crippen LogP contribution < -0.4 is 5.32 Å². The van der Waals surface area contributed by atoms with Crippen LogP contribution >= 0.6 is 27.5 Å². The molecule has 0 aliphatic heterocycles. The van der Waals surface area contributed by atoms with Crippen LogP contribution in [0.1, 0.15) is 30.8 Å². The molecule has 6 heteroatoms. The van der Waals surface area contributed by atoms with E-state index in [4.69, 9.17) is 11.6 Å². The molecule has 2 N–H and O–H groups in total. The number of imidazole rings is 1. The molecule has 1 aromatic carbocycles. The molecule has 1 aromatic heterocycles. The van der Waals surface area contributed by atoms with Crippen molar-refractivity contribution >= 4 is 27.5 Å². The number of halogens is 3. The predicted molar refractivity (Wildman–Crippen MR) is 77.8 cm³/mol. The standard InChI is InChI=1S/C13H14BrClFN3/c1-2-5-17-12(13-18-6-7-19-13)8-3-4-9(14)10(15)11(8)16/h3-4,6-7,12,17H,2,5H2,1H3,(H,18,19). The zero-order valence-corrected chi connectivity index (χ0v) is 12.7. The Hall–Kier alpha value is -0.910. The third-order valence-corrected chi connectivity index (χ3v) is 4.03. The average molecular weight is 347 g/mol. The highest BCUT2D eigenvalue weighted by molar-refractivity contribution is 9.10. The third kappa shape index (κ3) is 3.16. The van der Waals surface area contributed by atoms with Gasteiger partial charge in [0, 0.05) is 22.4 Å². The van der Waals surface area contributed by atoms with Gasteiger partial charge in [-0.1, -0.05) is 24.6 Å². The molecular weight excluding hydrogens is 333 g/mol. The lowest BCUT2D eigenvalue weighted by molar-refractivity contribution is 0.533. The number of nitrogens with zero attached hydrogens (tertiary/aromatic N) is 1. The third-order valence-electron chi connectivity index (χ3n) is 2.77. The lowest BCUT2D eigenvalue weighted by Gasteiger charge is -2.18. The molecule has 0 aliphatic carbocycles. The fourth-order valence-electron chi connectivity index (χ4n) is 1.84. The average Bonchev–Trinajstić information content (AvgIpc) is 2.92. The Morgan fingerprint density at radius 2 is 2.32 bits per heavy atom. The lowest BCUT2D eigenvalue weighted by atomic mass is 10.1. The molecule has 2 rings (SSSR count). The zero-order valence-electron chi connectivity index (χ0n) is 10.4. The first kappa shape index (κ1) is 14.5. The predicted octanol–water partition coefficient (Wildman–Crippen LogP) is 4.05. The van der Waals surface area contributed by atoms with E-state index in [-0.39, 0.29) is 11.1 Å². The van der Waals surface area contributed by atoms with Gasteiger partial charge in [-0.05, 0) is 35.0 Å². The Morgan fingerprint density at radius 3 is 2.95 bits per heavy atom. The van der Waals surface area contributed by atoms with Crippen molar-refractivity contribution in [3.05, 3.63) is 51.2 Å². The highest BCUT2D eigenvalue weighted by Crippen LogP contribution is 2.32. The SMILES string of the molecule is CCCNC(c1ncc[nH]1)c1ccc(Br)c(Cl)c1F. The van der Waals surface area contributed by atoms with Gasteiger partial charge in [-0.15, -0.1) is 0 Å². The van der Waals surface area contributed by atoms with Crippen molar-refractivity contribution in [3.8, 4) is 0 Å². The summed E-state index contributed by atoms with van der Waals surface area (Å²) in [5.41, 5.74) is 0.483. The maximum Gasteiger partial charge on any atom is 0.148 e. The van der Waals surface area contributed by atoms with Gasteiger partial charge in [0.05, 0.1) is 11.1 Å². The van der Waals surface area contributed by atoms with Crippen LogP contribution in [0.15, 0.2) is 29.0 Å². The van der Waals surface area contributed by atoms with E-state index in [9.17, 15) is 4.39 Å². The van der Waals surface area contributed by atoms with Gasteiger partial charge in [-0.3, -0.25) is 0 Å². The fourth-order valence-corrected chi connectivity index (χ4v) is 2.32. The summed E-state index contributed by atoms with van der Waals surface area (Å²) in [6, 6.07) is 3.12. The molecule has 0 aliphatic rings. The fraction of sp³-hybridized carbons (Fsp3) is 0.308. The van der Waals surface area contributed by atoms with E-state index in [2.05, 4.69) is 38.1 Å². The Morgan fingerprint density at radius 1 is 1.53 bits per heavy atom. The molecule has 102 valence electrons. The molecule has 0 fully saturated rings. The minimum atomic E-state index is -0.430. The van der Waals surface area contributed by atoms with Crippen molar-refractivity contribution in [1.29, 1.82) is 0 Å². The van der Waals surface area contributed by atoms with Crippen molar-refractivity contribution in [1.82, 2.24) is 15.3 Å². The van der Waals surface area contributed by atoms with Crippen LogP contribution in [-0.2, 0) is 0 Å². The summed E-state index contributed by atoms with van der Waals surface area (Å²) in [6.07, 6.45) is 4.31. The summed E-state index contributed by atoms with van der Waals surface area (Å²) < 4.78 is 14.8. The molecule has 0 radical (unpaired) electrons. The van der Waals surface area contributed by atoms with E-state index in [1.54, 1.807) is 24.5 Å². The summed E-state index contributed by atoms with van der Waals surface area (Å²) in [5.74, 6) is 0.242. The van der Waals surface area contributed by atoms with E-state index < -0.39 is 5.82 Å². The molecule has 1 heterocycles. The number of rotatable bonds is 5. The topological polar surface area (TPSA) is 40.7 Å². The van der Waals surface area contributed by atoms with Gasteiger partial charge in [-0.2, -0.15) is 0 Å². The van der Waals surface area contributed by atoms with Gasteiger partial charge >= 0.3 is 0 Å². The van der Waals surface area contributed by atoms with E-state index in [1.165, 1.54) is 0 Å². The van der Waals surface area contributed by atoms with Crippen molar-refractivity contribution < 1.29 is 4.39 Å². The molecule has 0 spiro atoms. The number of nitrogens with one attached hydrogen (secondary N) is 2. The number of hydrogen-bond donors (Lipinski definition) is 2. The van der Waals surface area contributed by atoms with Crippen molar-refractivity contribution in [2.24, 2.45) is 0 Å². The molecule has 0 amide bonds. The van der Waals surface area contributed by atoms with Gasteiger partial charge < -0.3 is 10.3 Å². The van der Waals surface area contributed by atoms with E-state index in [1.807, 2.05) is 0 Å². The molecule has 1 unspecified atom stereocenters. The van der Waals surface area contributed by atoms with Crippen LogP contribution in [-0.4, -0.2) is 16.5 Å². The van der Waals surface area contributed by atoms with Crippen LogP contribution in [0.5, 0.6) is 0 Å². The van der Waals surface area contributed by atoms with Gasteiger partial charge in [-0.25, -0.2) is 9.37 Å². The first-order chi connectivity index (χ1) is 9.15. The molecule has 3 nitrogen and oxygen atoms in total. The summed E-state index contributed by atoms with van der Waals surface area (Å²) in [6.45, 7) is 2.82. The van der Waals surface area contributed by atoms with Crippen molar-refractivity contribution in [3.63, 3.8) is 0 Å². The number of benzene rings is 1. The number of aromatic amines is 1. The second kappa shape index (κ2) is 6.50. The molecular formula is C13H14BrClFN3.